The van der Waals surface area contributed by atoms with Crippen LogP contribution in [0.4, 0.5) is 0 Å². The highest BCUT2D eigenvalue weighted by Crippen LogP contribution is 2.24. The fourth-order valence-electron chi connectivity index (χ4n) is 2.16. The molecule has 0 bridgehead atoms. The van der Waals surface area contributed by atoms with Crippen LogP contribution in [0.25, 0.3) is 0 Å². The number of likely N-dealkylation sites (N-methyl/N-ethyl adjacent to an activating group) is 1. The van der Waals surface area contributed by atoms with Crippen LogP contribution in [-0.4, -0.2) is 28.9 Å². The summed E-state index contributed by atoms with van der Waals surface area (Å²) in [5.74, 6) is 0.913. The number of amides is 1. The number of carbonyl (C=O) groups excluding carboxylic acids is 1. The molecule has 0 saturated heterocycles. The van der Waals surface area contributed by atoms with Gasteiger partial charge in [0.15, 0.2) is 0 Å². The average molecular weight is 347 g/mol. The molecule has 0 radical (unpaired) electrons. The first kappa shape index (κ1) is 17.8. The van der Waals surface area contributed by atoms with Gasteiger partial charge in [0, 0.05) is 34.7 Å². The molecule has 5 heteroatoms. The van der Waals surface area contributed by atoms with Crippen LogP contribution in [0.15, 0.2) is 46.7 Å². The number of benzene rings is 1. The molecule has 0 saturated carbocycles. The Hall–Kier alpha value is -1.59. The Morgan fingerprint density at radius 3 is 2.57 bits per heavy atom. The van der Waals surface area contributed by atoms with Crippen molar-refractivity contribution in [2.75, 3.05) is 13.1 Å². The maximum atomic E-state index is 12.5. The first-order valence-corrected chi connectivity index (χ1v) is 9.43. The number of aryl methyl sites for hydroxylation is 1. The Kier molecular flexibility index (Phi) is 6.42. The van der Waals surface area contributed by atoms with Gasteiger partial charge < -0.3 is 4.90 Å². The van der Waals surface area contributed by atoms with E-state index in [9.17, 15) is 4.79 Å². The molecule has 2 rings (SSSR count). The van der Waals surface area contributed by atoms with Gasteiger partial charge in [0.25, 0.3) is 5.91 Å². The molecule has 0 aliphatic rings. The molecule has 0 aliphatic heterocycles. The highest BCUT2D eigenvalue weighted by Gasteiger charge is 2.14. The predicted molar refractivity (Wildman–Crippen MR) is 99.2 cm³/mol. The summed E-state index contributed by atoms with van der Waals surface area (Å²) in [5, 5.41) is 3.19. The van der Waals surface area contributed by atoms with E-state index in [4.69, 9.17) is 0 Å². The highest BCUT2D eigenvalue weighted by atomic mass is 32.2. The zero-order valence-electron chi connectivity index (χ0n) is 13.8. The van der Waals surface area contributed by atoms with E-state index >= 15 is 0 Å². The van der Waals surface area contributed by atoms with E-state index in [1.165, 1.54) is 0 Å². The molecule has 0 spiro atoms. The summed E-state index contributed by atoms with van der Waals surface area (Å²) in [6.07, 6.45) is 0. The summed E-state index contributed by atoms with van der Waals surface area (Å²) in [6.45, 7) is 11.1. The van der Waals surface area contributed by atoms with Crippen LogP contribution in [0.3, 0.4) is 0 Å². The summed E-state index contributed by atoms with van der Waals surface area (Å²) in [7, 11) is 0. The van der Waals surface area contributed by atoms with Crippen molar-refractivity contribution >= 4 is 29.0 Å². The van der Waals surface area contributed by atoms with Gasteiger partial charge in [-0.15, -0.1) is 23.1 Å². The Balaban J connectivity index is 1.97. The quantitative estimate of drug-likeness (QED) is 0.534. The van der Waals surface area contributed by atoms with Crippen molar-refractivity contribution in [3.05, 3.63) is 58.1 Å². The van der Waals surface area contributed by atoms with Gasteiger partial charge in [-0.2, -0.15) is 0 Å². The lowest BCUT2D eigenvalue weighted by Crippen LogP contribution is -2.32. The van der Waals surface area contributed by atoms with E-state index in [2.05, 4.69) is 16.9 Å². The van der Waals surface area contributed by atoms with Crippen LogP contribution in [0.2, 0.25) is 0 Å². The van der Waals surface area contributed by atoms with Crippen LogP contribution in [-0.2, 0) is 5.75 Å². The second-order valence-corrected chi connectivity index (χ2v) is 7.56. The molecular formula is C18H22N2OS2. The van der Waals surface area contributed by atoms with Crippen molar-refractivity contribution in [1.29, 1.82) is 0 Å². The predicted octanol–water partition coefficient (Wildman–Crippen LogP) is 4.78. The maximum Gasteiger partial charge on any atom is 0.254 e. The molecule has 1 heterocycles. The van der Waals surface area contributed by atoms with Gasteiger partial charge >= 0.3 is 0 Å². The Labute approximate surface area is 146 Å². The minimum absolute atomic E-state index is 0.0576. The number of hydrogen-bond acceptors (Lipinski definition) is 4. The number of nitrogens with zero attached hydrogens (tertiary/aromatic N) is 2. The van der Waals surface area contributed by atoms with E-state index in [0.29, 0.717) is 13.1 Å². The molecule has 23 heavy (non-hydrogen) atoms. The van der Waals surface area contributed by atoms with Gasteiger partial charge in [0.2, 0.25) is 0 Å². The molecule has 0 N–H and O–H groups in total. The Bertz CT molecular complexity index is 677. The number of rotatable bonds is 7. The van der Waals surface area contributed by atoms with Crippen molar-refractivity contribution in [3.8, 4) is 0 Å². The average Bonchev–Trinajstić information content (AvgIpc) is 2.96. The number of hydrogen-bond donors (Lipinski definition) is 0. The van der Waals surface area contributed by atoms with Crippen LogP contribution < -0.4 is 0 Å². The van der Waals surface area contributed by atoms with Gasteiger partial charge in [0.05, 0.1) is 10.7 Å². The zero-order chi connectivity index (χ0) is 16.8. The van der Waals surface area contributed by atoms with Gasteiger partial charge in [-0.1, -0.05) is 12.2 Å². The van der Waals surface area contributed by atoms with Crippen molar-refractivity contribution in [3.63, 3.8) is 0 Å². The van der Waals surface area contributed by atoms with Gasteiger partial charge in [0.1, 0.15) is 0 Å². The molecular weight excluding hydrogens is 324 g/mol. The van der Waals surface area contributed by atoms with E-state index < -0.39 is 0 Å². The Morgan fingerprint density at radius 2 is 2.04 bits per heavy atom. The summed E-state index contributed by atoms with van der Waals surface area (Å²) in [5.41, 5.74) is 2.82. The lowest BCUT2D eigenvalue weighted by Gasteiger charge is -2.21. The van der Waals surface area contributed by atoms with Crippen molar-refractivity contribution in [2.24, 2.45) is 0 Å². The molecule has 0 aliphatic carbocycles. The van der Waals surface area contributed by atoms with Crippen molar-refractivity contribution < 1.29 is 4.79 Å². The molecule has 0 fully saturated rings. The highest BCUT2D eigenvalue weighted by molar-refractivity contribution is 7.98. The minimum atomic E-state index is 0.0576. The molecule has 1 amide bonds. The number of carbonyl (C=O) groups is 1. The van der Waals surface area contributed by atoms with Crippen molar-refractivity contribution in [2.45, 2.75) is 31.4 Å². The van der Waals surface area contributed by atoms with Crippen LogP contribution in [0, 0.1) is 6.92 Å². The van der Waals surface area contributed by atoms with Crippen LogP contribution in [0.5, 0.6) is 0 Å². The smallest absolute Gasteiger partial charge is 0.254 e. The summed E-state index contributed by atoms with van der Waals surface area (Å²) in [6, 6.07) is 7.81. The van der Waals surface area contributed by atoms with E-state index in [-0.39, 0.29) is 5.91 Å². The normalized spacial score (nSPS) is 10.6. The molecule has 0 unspecified atom stereocenters. The fourth-order valence-corrected chi connectivity index (χ4v) is 3.67. The van der Waals surface area contributed by atoms with E-state index in [1.807, 2.05) is 49.9 Å². The van der Waals surface area contributed by atoms with Crippen molar-refractivity contribution in [1.82, 2.24) is 9.88 Å². The second kappa shape index (κ2) is 8.31. The number of thiazole rings is 1. The number of aromatic nitrogens is 1. The second-order valence-electron chi connectivity index (χ2n) is 5.45. The molecule has 0 atom stereocenters. The van der Waals surface area contributed by atoms with E-state index in [0.717, 1.165) is 32.5 Å². The third-order valence-electron chi connectivity index (χ3n) is 3.28. The topological polar surface area (TPSA) is 33.2 Å². The fraction of sp³-hybridized carbons (Fsp3) is 0.333. The SMILES string of the molecule is C=C(C)CN(CC)C(=O)c1ccc(SCc2csc(C)n2)cc1. The first-order chi connectivity index (χ1) is 11.0. The molecule has 2 aromatic rings. The largest absolute Gasteiger partial charge is 0.335 e. The van der Waals surface area contributed by atoms with Gasteiger partial charge in [-0.25, -0.2) is 4.98 Å². The lowest BCUT2D eigenvalue weighted by molar-refractivity contribution is 0.0778. The summed E-state index contributed by atoms with van der Waals surface area (Å²) < 4.78 is 0. The molecule has 1 aromatic heterocycles. The monoisotopic (exact) mass is 346 g/mol. The van der Waals surface area contributed by atoms with Crippen LogP contribution in [0.1, 0.15) is 34.9 Å². The first-order valence-electron chi connectivity index (χ1n) is 7.57. The lowest BCUT2D eigenvalue weighted by atomic mass is 10.2. The van der Waals surface area contributed by atoms with Crippen LogP contribution >= 0.6 is 23.1 Å². The van der Waals surface area contributed by atoms with E-state index in [1.54, 1.807) is 23.1 Å². The molecule has 3 nitrogen and oxygen atoms in total. The molecule has 122 valence electrons. The maximum absolute atomic E-state index is 12.5. The summed E-state index contributed by atoms with van der Waals surface area (Å²) >= 11 is 3.41. The van der Waals surface area contributed by atoms with Gasteiger partial charge in [-0.05, 0) is 45.0 Å². The summed E-state index contributed by atoms with van der Waals surface area (Å²) in [4.78, 5) is 19.9. The number of thioether (sulfide) groups is 1. The standard InChI is InChI=1S/C18H22N2OS2/c1-5-20(10-13(2)3)18(21)15-6-8-17(9-7-15)23-12-16-11-22-14(4)19-16/h6-9,11H,2,5,10,12H2,1,3-4H3. The minimum Gasteiger partial charge on any atom is -0.335 e. The molecule has 1 aromatic carbocycles. The Morgan fingerprint density at radius 1 is 1.35 bits per heavy atom. The zero-order valence-corrected chi connectivity index (χ0v) is 15.5. The van der Waals surface area contributed by atoms with Gasteiger partial charge in [-0.3, -0.25) is 4.79 Å². The third-order valence-corrected chi connectivity index (χ3v) is 5.15. The third kappa shape index (κ3) is 5.22.